The summed E-state index contributed by atoms with van der Waals surface area (Å²) < 4.78 is 15.6. The van der Waals surface area contributed by atoms with Crippen LogP contribution in [0.25, 0.3) is 16.6 Å². The number of fused-ring (bicyclic) bond motifs is 2. The molecule has 0 amide bonds. The van der Waals surface area contributed by atoms with Crippen molar-refractivity contribution in [3.63, 3.8) is 0 Å². The van der Waals surface area contributed by atoms with E-state index in [9.17, 15) is 0 Å². The second kappa shape index (κ2) is 9.84. The number of aryl methyl sites for hydroxylation is 1. The van der Waals surface area contributed by atoms with Crippen molar-refractivity contribution in [2.75, 3.05) is 38.3 Å². The van der Waals surface area contributed by atoms with Gasteiger partial charge in [-0.15, -0.1) is 4.52 Å². The molecule has 0 radical (unpaired) electrons. The van der Waals surface area contributed by atoms with E-state index >= 15 is 0 Å². The maximum Gasteiger partial charge on any atom is 0.307 e. The second-order valence-electron chi connectivity index (χ2n) is 8.54. The Hall–Kier alpha value is -4.15. The van der Waals surface area contributed by atoms with Crippen molar-refractivity contribution in [3.05, 3.63) is 66.3 Å². The van der Waals surface area contributed by atoms with Crippen LogP contribution in [0.2, 0.25) is 5.02 Å². The standard InChI is InChI=1S/C25H26ClN8O2/c1-32(2)8-9-35-23-13-21-18(12-20(23)27)25(29-14-28-21)31-16-4-5-22(19(26)10-16)36-17-6-7-34-24(11-17)30-15-33(34)3/h4-7,10-15H,8-9,27H2,1-3H3,(H,28,29,31)/q+1. The number of rotatable bonds is 8. The number of pyridine rings is 1. The predicted octanol–water partition coefficient (Wildman–Crippen LogP) is 3.81. The second-order valence-corrected chi connectivity index (χ2v) is 8.94. The van der Waals surface area contributed by atoms with Gasteiger partial charge >= 0.3 is 6.33 Å². The van der Waals surface area contributed by atoms with E-state index in [0.29, 0.717) is 40.4 Å². The van der Waals surface area contributed by atoms with Crippen LogP contribution in [0.4, 0.5) is 17.2 Å². The zero-order valence-electron chi connectivity index (χ0n) is 20.1. The van der Waals surface area contributed by atoms with Gasteiger partial charge < -0.3 is 25.4 Å². The van der Waals surface area contributed by atoms with Crippen LogP contribution in [-0.4, -0.2) is 51.6 Å². The molecule has 5 rings (SSSR count). The Morgan fingerprint density at radius 3 is 2.75 bits per heavy atom. The number of nitrogens with one attached hydrogen (secondary N) is 1. The Morgan fingerprint density at radius 2 is 1.94 bits per heavy atom. The van der Waals surface area contributed by atoms with Crippen molar-refractivity contribution in [1.29, 1.82) is 0 Å². The zero-order valence-corrected chi connectivity index (χ0v) is 20.9. The lowest BCUT2D eigenvalue weighted by molar-refractivity contribution is -0.739. The highest BCUT2D eigenvalue weighted by atomic mass is 35.5. The summed E-state index contributed by atoms with van der Waals surface area (Å²) in [4.78, 5) is 15.2. The molecular weight excluding hydrogens is 480 g/mol. The third kappa shape index (κ3) is 4.95. The molecule has 3 heterocycles. The molecule has 11 heteroatoms. The zero-order chi connectivity index (χ0) is 25.2. The molecule has 0 aliphatic carbocycles. The average Bonchev–Trinajstić information content (AvgIpc) is 3.21. The minimum Gasteiger partial charge on any atom is -0.490 e. The third-order valence-corrected chi connectivity index (χ3v) is 5.86. The first-order chi connectivity index (χ1) is 17.4. The molecule has 184 valence electrons. The molecule has 0 saturated heterocycles. The number of nitrogen functional groups attached to an aromatic ring is 1. The molecule has 3 aromatic heterocycles. The highest BCUT2D eigenvalue weighted by molar-refractivity contribution is 6.32. The first-order valence-corrected chi connectivity index (χ1v) is 11.6. The molecule has 0 aliphatic heterocycles. The summed E-state index contributed by atoms with van der Waals surface area (Å²) in [5, 5.41) is 4.52. The molecule has 0 atom stereocenters. The topological polar surface area (TPSA) is 107 Å². The van der Waals surface area contributed by atoms with Gasteiger partial charge in [0.25, 0.3) is 5.65 Å². The van der Waals surface area contributed by atoms with E-state index in [1.165, 1.54) is 6.33 Å². The monoisotopic (exact) mass is 505 g/mol. The highest BCUT2D eigenvalue weighted by Crippen LogP contribution is 2.35. The fourth-order valence-electron chi connectivity index (χ4n) is 3.68. The van der Waals surface area contributed by atoms with Crippen molar-refractivity contribution in [1.82, 2.24) is 24.4 Å². The van der Waals surface area contributed by atoms with Crippen LogP contribution in [0.15, 0.2) is 61.3 Å². The van der Waals surface area contributed by atoms with E-state index in [4.69, 9.17) is 26.8 Å². The van der Waals surface area contributed by atoms with Gasteiger partial charge in [-0.1, -0.05) is 11.6 Å². The molecule has 0 unspecified atom stereocenters. The Bertz CT molecular complexity index is 1550. The first-order valence-electron chi connectivity index (χ1n) is 11.3. The highest BCUT2D eigenvalue weighted by Gasteiger charge is 2.13. The molecule has 36 heavy (non-hydrogen) atoms. The minimum atomic E-state index is 0.447. The molecule has 0 bridgehead atoms. The SMILES string of the molecule is CN(C)CCOc1cc2ncnc(Nc3ccc(Oc4ccn5c(c4)nc[n+]5C)c(Cl)c3)c2cc1N. The van der Waals surface area contributed by atoms with E-state index in [-0.39, 0.29) is 0 Å². The van der Waals surface area contributed by atoms with Crippen molar-refractivity contribution in [2.45, 2.75) is 0 Å². The summed E-state index contributed by atoms with van der Waals surface area (Å²) in [5.41, 5.74) is 9.00. The van der Waals surface area contributed by atoms with Crippen LogP contribution in [0.1, 0.15) is 0 Å². The third-order valence-electron chi connectivity index (χ3n) is 5.57. The summed E-state index contributed by atoms with van der Waals surface area (Å²) >= 11 is 6.54. The van der Waals surface area contributed by atoms with Gasteiger partial charge in [-0.05, 0) is 43.3 Å². The number of ether oxygens (including phenoxy) is 2. The fourth-order valence-corrected chi connectivity index (χ4v) is 3.89. The van der Waals surface area contributed by atoms with E-state index in [1.807, 2.05) is 71.8 Å². The Kier molecular flexibility index (Phi) is 6.45. The maximum absolute atomic E-state index is 6.54. The first kappa shape index (κ1) is 23.6. The van der Waals surface area contributed by atoms with Crippen LogP contribution >= 0.6 is 11.6 Å². The molecule has 0 aliphatic rings. The number of aromatic nitrogens is 5. The lowest BCUT2D eigenvalue weighted by atomic mass is 10.2. The number of anilines is 3. The van der Waals surface area contributed by atoms with Gasteiger partial charge in [-0.25, -0.2) is 9.97 Å². The Balaban J connectivity index is 1.35. The maximum atomic E-state index is 6.54. The summed E-state index contributed by atoms with van der Waals surface area (Å²) in [7, 11) is 5.89. The largest absolute Gasteiger partial charge is 0.490 e. The van der Waals surface area contributed by atoms with Gasteiger partial charge in [0.1, 0.15) is 43.0 Å². The summed E-state index contributed by atoms with van der Waals surface area (Å²) in [6.07, 6.45) is 5.11. The van der Waals surface area contributed by atoms with Gasteiger partial charge in [0.05, 0.1) is 28.5 Å². The average molecular weight is 506 g/mol. The molecular formula is C25H26ClN8O2+. The van der Waals surface area contributed by atoms with Crippen LogP contribution in [0.3, 0.4) is 0 Å². The van der Waals surface area contributed by atoms with Gasteiger partial charge in [-0.2, -0.15) is 4.68 Å². The Morgan fingerprint density at radius 1 is 1.08 bits per heavy atom. The quantitative estimate of drug-likeness (QED) is 0.242. The number of hydrogen-bond donors (Lipinski definition) is 2. The smallest absolute Gasteiger partial charge is 0.307 e. The van der Waals surface area contributed by atoms with Crippen molar-refractivity contribution < 1.29 is 14.2 Å². The van der Waals surface area contributed by atoms with Crippen LogP contribution in [0, 0.1) is 0 Å². The number of hydrogen-bond acceptors (Lipinski definition) is 8. The summed E-state index contributed by atoms with van der Waals surface area (Å²) in [5.74, 6) is 2.37. The number of halogens is 1. The van der Waals surface area contributed by atoms with Crippen LogP contribution < -0.4 is 25.2 Å². The normalized spacial score (nSPS) is 11.4. The number of nitrogens with two attached hydrogens (primary N) is 1. The van der Waals surface area contributed by atoms with Gasteiger partial charge in [-0.3, -0.25) is 0 Å². The van der Waals surface area contributed by atoms with Gasteiger partial charge in [0.2, 0.25) is 0 Å². The predicted molar refractivity (Wildman–Crippen MR) is 139 cm³/mol. The van der Waals surface area contributed by atoms with Crippen molar-refractivity contribution in [2.24, 2.45) is 7.05 Å². The molecule has 10 nitrogen and oxygen atoms in total. The summed E-state index contributed by atoms with van der Waals surface area (Å²) in [6.45, 7) is 1.31. The molecule has 3 N–H and O–H groups in total. The fraction of sp³-hybridized carbons (Fsp3) is 0.200. The molecule has 2 aromatic carbocycles. The lowest BCUT2D eigenvalue weighted by Crippen LogP contribution is -2.33. The van der Waals surface area contributed by atoms with Gasteiger partial charge in [0.15, 0.2) is 0 Å². The number of nitrogens with zero attached hydrogens (tertiary/aromatic N) is 6. The lowest BCUT2D eigenvalue weighted by Gasteiger charge is -2.14. The molecule has 5 aromatic rings. The summed E-state index contributed by atoms with van der Waals surface area (Å²) in [6, 6.07) is 12.8. The van der Waals surface area contributed by atoms with E-state index in [2.05, 4.69) is 20.3 Å². The van der Waals surface area contributed by atoms with Gasteiger partial charge in [0, 0.05) is 29.8 Å². The number of likely N-dealkylation sites (N-methyl/N-ethyl adjacent to an activating group) is 1. The van der Waals surface area contributed by atoms with Crippen LogP contribution in [-0.2, 0) is 7.05 Å². The minimum absolute atomic E-state index is 0.447. The van der Waals surface area contributed by atoms with Crippen molar-refractivity contribution >= 4 is 45.3 Å². The molecule has 0 saturated carbocycles. The van der Waals surface area contributed by atoms with Crippen molar-refractivity contribution in [3.8, 4) is 17.2 Å². The van der Waals surface area contributed by atoms with Crippen LogP contribution in [0.5, 0.6) is 17.2 Å². The van der Waals surface area contributed by atoms with E-state index < -0.39 is 0 Å². The molecule has 0 fully saturated rings. The van der Waals surface area contributed by atoms with E-state index in [0.717, 1.165) is 28.8 Å². The number of benzene rings is 2. The van der Waals surface area contributed by atoms with E-state index in [1.54, 1.807) is 18.5 Å². The molecule has 0 spiro atoms. The Labute approximate surface area is 212 Å².